The predicted octanol–water partition coefficient (Wildman–Crippen LogP) is 2.18. The van der Waals surface area contributed by atoms with Gasteiger partial charge in [-0.2, -0.15) is 0 Å². The quantitative estimate of drug-likeness (QED) is 0.663. The first kappa shape index (κ1) is 18.2. The second-order valence-corrected chi connectivity index (χ2v) is 5.46. The first-order valence-corrected chi connectivity index (χ1v) is 8.26. The van der Waals surface area contributed by atoms with Gasteiger partial charge in [-0.15, -0.1) is 0 Å². The van der Waals surface area contributed by atoms with E-state index in [1.54, 1.807) is 50.0 Å². The van der Waals surface area contributed by atoms with Crippen LogP contribution in [0.25, 0.3) is 11.6 Å². The average molecular weight is 368 g/mol. The van der Waals surface area contributed by atoms with Gasteiger partial charge < -0.3 is 24.7 Å². The lowest BCUT2D eigenvalue weighted by Crippen LogP contribution is -2.31. The van der Waals surface area contributed by atoms with Crippen molar-refractivity contribution in [2.75, 3.05) is 26.1 Å². The number of ether oxygens (including phenoxy) is 2. The van der Waals surface area contributed by atoms with E-state index in [0.29, 0.717) is 41.9 Å². The van der Waals surface area contributed by atoms with Gasteiger partial charge in [0.25, 0.3) is 0 Å². The van der Waals surface area contributed by atoms with Crippen LogP contribution in [-0.2, 0) is 6.54 Å². The Labute approximate surface area is 156 Å². The monoisotopic (exact) mass is 368 g/mol. The number of amides is 2. The zero-order chi connectivity index (χ0) is 19.1. The Balaban J connectivity index is 1.56. The number of hydrogen-bond donors (Lipinski definition) is 2. The summed E-state index contributed by atoms with van der Waals surface area (Å²) in [7, 11) is 3.10. The molecule has 9 heteroatoms. The summed E-state index contributed by atoms with van der Waals surface area (Å²) in [6.45, 7) is 0.932. The maximum atomic E-state index is 12.2. The molecule has 0 atom stereocenters. The Hall–Kier alpha value is -3.62. The topological polar surface area (TPSA) is 103 Å². The SMILES string of the molecule is COc1ccc(NC(=O)NCCn2ccnc2-c2ncccn2)c(OC)c1. The Morgan fingerprint density at radius 3 is 2.67 bits per heavy atom. The van der Waals surface area contributed by atoms with Crippen LogP contribution < -0.4 is 20.1 Å². The molecule has 0 radical (unpaired) electrons. The lowest BCUT2D eigenvalue weighted by molar-refractivity contribution is 0.251. The fourth-order valence-electron chi connectivity index (χ4n) is 2.47. The van der Waals surface area contributed by atoms with E-state index in [1.165, 1.54) is 7.11 Å². The Bertz CT molecular complexity index is 897. The van der Waals surface area contributed by atoms with Gasteiger partial charge in [0.1, 0.15) is 11.5 Å². The van der Waals surface area contributed by atoms with Gasteiger partial charge in [-0.3, -0.25) is 0 Å². The number of carbonyl (C=O) groups is 1. The smallest absolute Gasteiger partial charge is 0.319 e. The fourth-order valence-corrected chi connectivity index (χ4v) is 2.47. The number of urea groups is 1. The normalized spacial score (nSPS) is 10.3. The molecule has 0 aliphatic rings. The van der Waals surface area contributed by atoms with Crippen LogP contribution in [0, 0.1) is 0 Å². The zero-order valence-corrected chi connectivity index (χ0v) is 15.0. The molecule has 3 rings (SSSR count). The Kier molecular flexibility index (Phi) is 5.83. The Morgan fingerprint density at radius 2 is 1.93 bits per heavy atom. The number of aromatic nitrogens is 4. The maximum absolute atomic E-state index is 12.2. The average Bonchev–Trinajstić information content (AvgIpc) is 3.17. The summed E-state index contributed by atoms with van der Waals surface area (Å²) in [6.07, 6.45) is 6.82. The van der Waals surface area contributed by atoms with Crippen molar-refractivity contribution in [2.24, 2.45) is 0 Å². The van der Waals surface area contributed by atoms with Gasteiger partial charge in [-0.1, -0.05) is 0 Å². The van der Waals surface area contributed by atoms with E-state index in [4.69, 9.17) is 9.47 Å². The van der Waals surface area contributed by atoms with Crippen molar-refractivity contribution >= 4 is 11.7 Å². The van der Waals surface area contributed by atoms with E-state index in [2.05, 4.69) is 25.6 Å². The minimum Gasteiger partial charge on any atom is -0.497 e. The number of methoxy groups -OCH3 is 2. The molecular weight excluding hydrogens is 348 g/mol. The summed E-state index contributed by atoms with van der Waals surface area (Å²) in [5, 5.41) is 5.56. The van der Waals surface area contributed by atoms with Crippen LogP contribution in [-0.4, -0.2) is 46.3 Å². The van der Waals surface area contributed by atoms with E-state index in [9.17, 15) is 4.79 Å². The first-order valence-electron chi connectivity index (χ1n) is 8.26. The molecule has 0 unspecified atom stereocenters. The van der Waals surface area contributed by atoms with Gasteiger partial charge in [0.15, 0.2) is 11.6 Å². The van der Waals surface area contributed by atoms with Crippen molar-refractivity contribution in [3.63, 3.8) is 0 Å². The lowest BCUT2D eigenvalue weighted by atomic mass is 10.2. The van der Waals surface area contributed by atoms with Gasteiger partial charge in [0.05, 0.1) is 19.9 Å². The molecule has 0 aliphatic heterocycles. The van der Waals surface area contributed by atoms with Crippen LogP contribution in [0.4, 0.5) is 10.5 Å². The molecular formula is C18H20N6O3. The van der Waals surface area contributed by atoms with Crippen molar-refractivity contribution in [1.29, 1.82) is 0 Å². The molecule has 2 N–H and O–H groups in total. The number of anilines is 1. The number of imidazole rings is 1. The molecule has 140 valence electrons. The molecule has 9 nitrogen and oxygen atoms in total. The summed E-state index contributed by atoms with van der Waals surface area (Å²) in [6, 6.07) is 6.58. The van der Waals surface area contributed by atoms with Gasteiger partial charge >= 0.3 is 6.03 Å². The number of rotatable bonds is 7. The van der Waals surface area contributed by atoms with Crippen LogP contribution in [0.1, 0.15) is 0 Å². The van der Waals surface area contributed by atoms with Crippen LogP contribution in [0.2, 0.25) is 0 Å². The van der Waals surface area contributed by atoms with E-state index < -0.39 is 0 Å². The van der Waals surface area contributed by atoms with Crippen molar-refractivity contribution in [1.82, 2.24) is 24.8 Å². The summed E-state index contributed by atoms with van der Waals surface area (Å²) < 4.78 is 12.3. The number of nitrogens with one attached hydrogen (secondary N) is 2. The zero-order valence-electron chi connectivity index (χ0n) is 15.0. The van der Waals surface area contributed by atoms with E-state index >= 15 is 0 Å². The molecule has 0 aliphatic carbocycles. The van der Waals surface area contributed by atoms with Crippen molar-refractivity contribution in [3.8, 4) is 23.1 Å². The van der Waals surface area contributed by atoms with Crippen LogP contribution in [0.3, 0.4) is 0 Å². The van der Waals surface area contributed by atoms with Gasteiger partial charge in [0, 0.05) is 43.9 Å². The minimum absolute atomic E-state index is 0.337. The van der Waals surface area contributed by atoms with Crippen molar-refractivity contribution in [3.05, 3.63) is 49.1 Å². The molecule has 0 spiro atoms. The molecule has 0 bridgehead atoms. The molecule has 0 saturated carbocycles. The van der Waals surface area contributed by atoms with Crippen LogP contribution >= 0.6 is 0 Å². The third-order valence-electron chi connectivity index (χ3n) is 3.78. The van der Waals surface area contributed by atoms with Crippen LogP contribution in [0.5, 0.6) is 11.5 Å². The van der Waals surface area contributed by atoms with Gasteiger partial charge in [-0.25, -0.2) is 19.7 Å². The van der Waals surface area contributed by atoms with Gasteiger partial charge in [-0.05, 0) is 18.2 Å². The minimum atomic E-state index is -0.337. The van der Waals surface area contributed by atoms with E-state index in [-0.39, 0.29) is 6.03 Å². The Morgan fingerprint density at radius 1 is 1.11 bits per heavy atom. The van der Waals surface area contributed by atoms with E-state index in [1.807, 2.05) is 10.8 Å². The summed E-state index contributed by atoms with van der Waals surface area (Å²) in [4.78, 5) is 24.8. The standard InChI is InChI=1S/C18H20N6O3/c1-26-13-4-5-14(15(12-13)27-2)23-18(25)22-9-11-24-10-8-21-17(24)16-19-6-3-7-20-16/h3-8,10,12H,9,11H2,1-2H3,(H2,22,23,25). The highest BCUT2D eigenvalue weighted by Gasteiger charge is 2.10. The summed E-state index contributed by atoms with van der Waals surface area (Å²) in [5.74, 6) is 2.35. The van der Waals surface area contributed by atoms with Crippen molar-refractivity contribution < 1.29 is 14.3 Å². The number of hydrogen-bond acceptors (Lipinski definition) is 6. The highest BCUT2D eigenvalue weighted by atomic mass is 16.5. The molecule has 2 aromatic heterocycles. The van der Waals surface area contributed by atoms with Crippen molar-refractivity contribution in [2.45, 2.75) is 6.54 Å². The molecule has 2 heterocycles. The second kappa shape index (κ2) is 8.65. The largest absolute Gasteiger partial charge is 0.497 e. The van der Waals surface area contributed by atoms with E-state index in [0.717, 1.165) is 0 Å². The molecule has 1 aromatic carbocycles. The molecule has 27 heavy (non-hydrogen) atoms. The number of carbonyl (C=O) groups excluding carboxylic acids is 1. The fraction of sp³-hybridized carbons (Fsp3) is 0.222. The highest BCUT2D eigenvalue weighted by molar-refractivity contribution is 5.91. The molecule has 0 fully saturated rings. The predicted molar refractivity (Wildman–Crippen MR) is 99.8 cm³/mol. The van der Waals surface area contributed by atoms with Gasteiger partial charge in [0.2, 0.25) is 0 Å². The summed E-state index contributed by atoms with van der Waals surface area (Å²) in [5.41, 5.74) is 0.553. The third kappa shape index (κ3) is 4.51. The molecule has 0 saturated heterocycles. The third-order valence-corrected chi connectivity index (χ3v) is 3.78. The second-order valence-electron chi connectivity index (χ2n) is 5.46. The molecule has 3 aromatic rings. The number of nitrogens with zero attached hydrogens (tertiary/aromatic N) is 4. The highest BCUT2D eigenvalue weighted by Crippen LogP contribution is 2.28. The summed E-state index contributed by atoms with van der Waals surface area (Å²) >= 11 is 0. The van der Waals surface area contributed by atoms with Crippen LogP contribution in [0.15, 0.2) is 49.1 Å². The molecule has 2 amide bonds. The first-order chi connectivity index (χ1) is 13.2. The lowest BCUT2D eigenvalue weighted by Gasteiger charge is -2.13. The number of benzene rings is 1. The maximum Gasteiger partial charge on any atom is 0.319 e.